The average molecular weight is 516 g/mol. The first-order valence-corrected chi connectivity index (χ1v) is 14.7. The number of rotatable bonds is 18. The molecule has 0 fully saturated rings. The van der Waals surface area contributed by atoms with Gasteiger partial charge in [-0.1, -0.05) is 90.2 Å². The van der Waals surface area contributed by atoms with Crippen molar-refractivity contribution in [3.8, 4) is 22.8 Å². The molecule has 0 spiro atoms. The molecule has 0 saturated carbocycles. The molecule has 1 heterocycles. The van der Waals surface area contributed by atoms with Crippen LogP contribution < -0.4 is 9.47 Å². The lowest BCUT2D eigenvalue weighted by molar-refractivity contribution is 0.0734. The number of esters is 1. The second-order valence-electron chi connectivity index (χ2n) is 10.1. The standard InChI is InChI=1S/C34H45NO3/c1-3-5-7-8-9-10-11-12-14-26-37-32-24-25-33(35-27-32)29-20-22-31(23-21-29)38-34(36)30-18-16-28(17-19-30)15-13-6-4-2/h16-25,27H,3-15,26H2,1-2H3. The fourth-order valence-corrected chi connectivity index (χ4v) is 4.49. The van der Waals surface area contributed by atoms with Gasteiger partial charge in [0.2, 0.25) is 0 Å². The third-order valence-electron chi connectivity index (χ3n) is 6.87. The van der Waals surface area contributed by atoms with Gasteiger partial charge in [-0.25, -0.2) is 4.79 Å². The Kier molecular flexibility index (Phi) is 13.5. The van der Waals surface area contributed by atoms with Crippen molar-refractivity contribution in [1.29, 1.82) is 0 Å². The van der Waals surface area contributed by atoms with Gasteiger partial charge in [-0.15, -0.1) is 0 Å². The quantitative estimate of drug-likeness (QED) is 0.0961. The molecule has 3 rings (SSSR count). The molecule has 1 aromatic heterocycles. The van der Waals surface area contributed by atoms with Crippen molar-refractivity contribution in [3.05, 3.63) is 78.0 Å². The highest BCUT2D eigenvalue weighted by atomic mass is 16.5. The molecule has 4 heteroatoms. The number of hydrogen-bond acceptors (Lipinski definition) is 4. The third-order valence-corrected chi connectivity index (χ3v) is 6.87. The van der Waals surface area contributed by atoms with Crippen LogP contribution in [0.4, 0.5) is 0 Å². The predicted molar refractivity (Wildman–Crippen MR) is 157 cm³/mol. The number of pyridine rings is 1. The lowest BCUT2D eigenvalue weighted by Gasteiger charge is -2.08. The number of carbonyl (C=O) groups is 1. The number of benzene rings is 2. The number of aryl methyl sites for hydroxylation is 1. The van der Waals surface area contributed by atoms with Crippen molar-refractivity contribution in [2.75, 3.05) is 6.61 Å². The van der Waals surface area contributed by atoms with Gasteiger partial charge in [-0.05, 0) is 73.4 Å². The lowest BCUT2D eigenvalue weighted by Crippen LogP contribution is -2.08. The highest BCUT2D eigenvalue weighted by Crippen LogP contribution is 2.23. The zero-order valence-electron chi connectivity index (χ0n) is 23.4. The van der Waals surface area contributed by atoms with Crippen LogP contribution in [0.1, 0.15) is 107 Å². The van der Waals surface area contributed by atoms with E-state index < -0.39 is 0 Å². The molecule has 0 aliphatic carbocycles. The van der Waals surface area contributed by atoms with Gasteiger partial charge in [0.1, 0.15) is 11.5 Å². The van der Waals surface area contributed by atoms with Gasteiger partial charge in [-0.2, -0.15) is 0 Å². The molecule has 0 bridgehead atoms. The summed E-state index contributed by atoms with van der Waals surface area (Å²) in [6, 6.07) is 19.1. The summed E-state index contributed by atoms with van der Waals surface area (Å²) < 4.78 is 11.4. The van der Waals surface area contributed by atoms with E-state index >= 15 is 0 Å². The topological polar surface area (TPSA) is 48.4 Å². The Labute approximate surface area is 229 Å². The summed E-state index contributed by atoms with van der Waals surface area (Å²) >= 11 is 0. The molecule has 204 valence electrons. The van der Waals surface area contributed by atoms with Crippen LogP contribution in [0.3, 0.4) is 0 Å². The molecule has 38 heavy (non-hydrogen) atoms. The highest BCUT2D eigenvalue weighted by Gasteiger charge is 2.09. The number of carbonyl (C=O) groups excluding carboxylic acids is 1. The van der Waals surface area contributed by atoms with Gasteiger partial charge in [0, 0.05) is 5.56 Å². The summed E-state index contributed by atoms with van der Waals surface area (Å²) in [4.78, 5) is 17.1. The minimum absolute atomic E-state index is 0.343. The number of unbranched alkanes of at least 4 members (excludes halogenated alkanes) is 10. The molecule has 0 amide bonds. The van der Waals surface area contributed by atoms with Crippen molar-refractivity contribution in [2.24, 2.45) is 0 Å². The Balaban J connectivity index is 1.38. The zero-order chi connectivity index (χ0) is 26.8. The second kappa shape index (κ2) is 17.4. The Morgan fingerprint density at radius 2 is 1.26 bits per heavy atom. The SMILES string of the molecule is CCCCCCCCCCCOc1ccc(-c2ccc(OC(=O)c3ccc(CCCCC)cc3)cc2)nc1. The van der Waals surface area contributed by atoms with E-state index in [1.54, 1.807) is 6.20 Å². The number of hydrogen-bond donors (Lipinski definition) is 0. The monoisotopic (exact) mass is 515 g/mol. The molecule has 0 radical (unpaired) electrons. The van der Waals surface area contributed by atoms with Crippen molar-refractivity contribution in [1.82, 2.24) is 4.98 Å². The largest absolute Gasteiger partial charge is 0.492 e. The Morgan fingerprint density at radius 3 is 1.89 bits per heavy atom. The first kappa shape index (κ1) is 29.4. The third kappa shape index (κ3) is 10.7. The minimum atomic E-state index is -0.343. The van der Waals surface area contributed by atoms with Crippen molar-refractivity contribution in [2.45, 2.75) is 97.3 Å². The molecule has 0 atom stereocenters. The molecule has 0 aliphatic heterocycles. The van der Waals surface area contributed by atoms with Crippen molar-refractivity contribution in [3.63, 3.8) is 0 Å². The van der Waals surface area contributed by atoms with Crippen LogP contribution >= 0.6 is 0 Å². The van der Waals surface area contributed by atoms with Gasteiger partial charge >= 0.3 is 5.97 Å². The molecule has 4 nitrogen and oxygen atoms in total. The van der Waals surface area contributed by atoms with Gasteiger partial charge < -0.3 is 9.47 Å². The van der Waals surface area contributed by atoms with E-state index in [9.17, 15) is 4.79 Å². The highest BCUT2D eigenvalue weighted by molar-refractivity contribution is 5.91. The van der Waals surface area contributed by atoms with Crippen LogP contribution in [0, 0.1) is 0 Å². The maximum Gasteiger partial charge on any atom is 0.343 e. The molecule has 0 unspecified atom stereocenters. The Bertz CT molecular complexity index is 1040. The maximum absolute atomic E-state index is 12.5. The smallest absolute Gasteiger partial charge is 0.343 e. The normalized spacial score (nSPS) is 10.9. The van der Waals surface area contributed by atoms with Gasteiger partial charge in [-0.3, -0.25) is 4.98 Å². The van der Waals surface area contributed by atoms with Gasteiger partial charge in [0.05, 0.1) is 24.1 Å². The van der Waals surface area contributed by atoms with E-state index in [1.807, 2.05) is 60.7 Å². The molecule has 3 aromatic rings. The fourth-order valence-electron chi connectivity index (χ4n) is 4.49. The summed E-state index contributed by atoms with van der Waals surface area (Å²) in [5.41, 5.74) is 3.64. The molecular weight excluding hydrogens is 470 g/mol. The number of nitrogens with zero attached hydrogens (tertiary/aromatic N) is 1. The molecular formula is C34H45NO3. The van der Waals surface area contributed by atoms with Crippen LogP contribution in [0.15, 0.2) is 66.9 Å². The number of ether oxygens (including phenoxy) is 2. The van der Waals surface area contributed by atoms with E-state index in [-0.39, 0.29) is 5.97 Å². The molecule has 0 N–H and O–H groups in total. The molecule has 2 aromatic carbocycles. The number of aromatic nitrogens is 1. The van der Waals surface area contributed by atoms with Gasteiger partial charge in [0.15, 0.2) is 0 Å². The van der Waals surface area contributed by atoms with E-state index in [0.29, 0.717) is 11.3 Å². The summed E-state index contributed by atoms with van der Waals surface area (Å²) in [5.74, 6) is 0.978. The van der Waals surface area contributed by atoms with Crippen molar-refractivity contribution >= 4 is 5.97 Å². The lowest BCUT2D eigenvalue weighted by atomic mass is 10.1. The van der Waals surface area contributed by atoms with Crippen LogP contribution in [-0.2, 0) is 6.42 Å². The van der Waals surface area contributed by atoms with Crippen molar-refractivity contribution < 1.29 is 14.3 Å². The maximum atomic E-state index is 12.5. The van der Waals surface area contributed by atoms with Crippen LogP contribution in [0.25, 0.3) is 11.3 Å². The first-order valence-electron chi connectivity index (χ1n) is 14.7. The van der Waals surface area contributed by atoms with E-state index in [1.165, 1.54) is 76.2 Å². The van der Waals surface area contributed by atoms with E-state index in [2.05, 4.69) is 18.8 Å². The first-order chi connectivity index (χ1) is 18.7. The minimum Gasteiger partial charge on any atom is -0.492 e. The van der Waals surface area contributed by atoms with Crippen LogP contribution in [0.5, 0.6) is 11.5 Å². The van der Waals surface area contributed by atoms with Crippen LogP contribution in [-0.4, -0.2) is 17.6 Å². The van der Waals surface area contributed by atoms with E-state index in [4.69, 9.17) is 9.47 Å². The summed E-state index contributed by atoms with van der Waals surface area (Å²) in [5, 5.41) is 0. The summed E-state index contributed by atoms with van der Waals surface area (Å²) in [7, 11) is 0. The predicted octanol–water partition coefficient (Wildman–Crippen LogP) is 9.61. The molecule has 0 aliphatic rings. The molecule has 0 saturated heterocycles. The van der Waals surface area contributed by atoms with Gasteiger partial charge in [0.25, 0.3) is 0 Å². The second-order valence-corrected chi connectivity index (χ2v) is 10.1. The Hall–Kier alpha value is -3.14. The van der Waals surface area contributed by atoms with Crippen LogP contribution in [0.2, 0.25) is 0 Å². The summed E-state index contributed by atoms with van der Waals surface area (Å²) in [6.07, 6.45) is 18.2. The zero-order valence-corrected chi connectivity index (χ0v) is 23.4. The average Bonchev–Trinajstić information content (AvgIpc) is 2.95. The fraction of sp³-hybridized carbons (Fsp3) is 0.471. The van der Waals surface area contributed by atoms with E-state index in [0.717, 1.165) is 36.5 Å². The Morgan fingerprint density at radius 1 is 0.658 bits per heavy atom. The summed E-state index contributed by atoms with van der Waals surface area (Å²) in [6.45, 7) is 5.20.